The zero-order chi connectivity index (χ0) is 21.1. The summed E-state index contributed by atoms with van der Waals surface area (Å²) in [6.45, 7) is 5.53. The third-order valence-electron chi connectivity index (χ3n) is 6.59. The molecule has 0 aliphatic carbocycles. The molecule has 2 aliphatic heterocycles. The van der Waals surface area contributed by atoms with E-state index in [1.54, 1.807) is 4.90 Å². The highest BCUT2D eigenvalue weighted by Gasteiger charge is 2.45. The van der Waals surface area contributed by atoms with E-state index >= 15 is 0 Å². The van der Waals surface area contributed by atoms with Gasteiger partial charge in [0.25, 0.3) is 0 Å². The van der Waals surface area contributed by atoms with Crippen molar-refractivity contribution in [2.24, 2.45) is 5.41 Å². The van der Waals surface area contributed by atoms with Crippen molar-refractivity contribution in [1.82, 2.24) is 15.0 Å². The highest BCUT2D eigenvalue weighted by molar-refractivity contribution is 5.83. The molecule has 2 fully saturated rings. The van der Waals surface area contributed by atoms with Gasteiger partial charge in [0.1, 0.15) is 11.5 Å². The van der Waals surface area contributed by atoms with Gasteiger partial charge in [-0.05, 0) is 39.2 Å². The Hall–Kier alpha value is -2.18. The molecule has 3 heterocycles. The van der Waals surface area contributed by atoms with E-state index in [0.29, 0.717) is 12.5 Å². The average Bonchev–Trinajstić information content (AvgIpc) is 3.22. The molecule has 6 heteroatoms. The maximum atomic E-state index is 13.4. The quantitative estimate of drug-likeness (QED) is 0.753. The zero-order valence-electron chi connectivity index (χ0n) is 18.4. The molecule has 0 spiro atoms. The van der Waals surface area contributed by atoms with Crippen LogP contribution in [-0.4, -0.2) is 67.3 Å². The van der Waals surface area contributed by atoms with Gasteiger partial charge < -0.3 is 14.2 Å². The molecule has 2 aromatic rings. The molecule has 1 aromatic heterocycles. The lowest BCUT2D eigenvalue weighted by molar-refractivity contribution is -0.144. The van der Waals surface area contributed by atoms with Crippen molar-refractivity contribution < 1.29 is 14.1 Å². The largest absolute Gasteiger partial charge is 0.381 e. The lowest BCUT2D eigenvalue weighted by atomic mass is 9.74. The second-order valence-electron chi connectivity index (χ2n) is 9.12. The summed E-state index contributed by atoms with van der Waals surface area (Å²) in [5.41, 5.74) is 2.61. The van der Waals surface area contributed by atoms with E-state index in [0.717, 1.165) is 69.0 Å². The first-order valence-corrected chi connectivity index (χ1v) is 11.0. The summed E-state index contributed by atoms with van der Waals surface area (Å²) in [7, 11) is 3.71. The number of ether oxygens (including phenoxy) is 1. The van der Waals surface area contributed by atoms with E-state index in [2.05, 4.69) is 41.2 Å². The van der Waals surface area contributed by atoms with Crippen molar-refractivity contribution >= 4 is 5.91 Å². The van der Waals surface area contributed by atoms with Crippen molar-refractivity contribution in [2.75, 3.05) is 40.4 Å². The normalized spacial score (nSPS) is 23.4. The van der Waals surface area contributed by atoms with Crippen molar-refractivity contribution in [3.8, 4) is 11.3 Å². The Balaban J connectivity index is 1.56. The van der Waals surface area contributed by atoms with Gasteiger partial charge in [0.2, 0.25) is 5.91 Å². The number of likely N-dealkylation sites (tertiary alicyclic amines) is 1. The number of aromatic nitrogens is 1. The first-order chi connectivity index (χ1) is 14.5. The van der Waals surface area contributed by atoms with Crippen LogP contribution < -0.4 is 0 Å². The molecule has 4 rings (SSSR count). The van der Waals surface area contributed by atoms with E-state index in [1.807, 2.05) is 20.2 Å². The molecule has 2 saturated heterocycles. The molecule has 0 saturated carbocycles. The zero-order valence-corrected chi connectivity index (χ0v) is 18.4. The summed E-state index contributed by atoms with van der Waals surface area (Å²) < 4.78 is 11.3. The van der Waals surface area contributed by atoms with Crippen LogP contribution in [0.15, 0.2) is 34.9 Å². The van der Waals surface area contributed by atoms with E-state index in [-0.39, 0.29) is 5.91 Å². The van der Waals surface area contributed by atoms with E-state index in [4.69, 9.17) is 9.26 Å². The Morgan fingerprint density at radius 3 is 2.67 bits per heavy atom. The van der Waals surface area contributed by atoms with Gasteiger partial charge in [0, 0.05) is 57.9 Å². The smallest absolute Gasteiger partial charge is 0.230 e. The Bertz CT molecular complexity index is 855. The van der Waals surface area contributed by atoms with Crippen molar-refractivity contribution in [3.05, 3.63) is 41.7 Å². The molecule has 1 amide bonds. The summed E-state index contributed by atoms with van der Waals surface area (Å²) >= 11 is 0. The number of piperidine rings is 1. The molecule has 0 radical (unpaired) electrons. The van der Waals surface area contributed by atoms with Crippen molar-refractivity contribution in [1.29, 1.82) is 0 Å². The minimum Gasteiger partial charge on any atom is -0.381 e. The first-order valence-electron chi connectivity index (χ1n) is 11.0. The molecular formula is C24H33N3O3. The summed E-state index contributed by atoms with van der Waals surface area (Å²) in [4.78, 5) is 17.6. The Labute approximate surface area is 179 Å². The topological polar surface area (TPSA) is 58.8 Å². The van der Waals surface area contributed by atoms with Gasteiger partial charge >= 0.3 is 0 Å². The van der Waals surface area contributed by atoms with Crippen LogP contribution >= 0.6 is 0 Å². The van der Waals surface area contributed by atoms with Gasteiger partial charge in [-0.25, -0.2) is 0 Å². The number of carbonyl (C=O) groups is 1. The number of hydrogen-bond donors (Lipinski definition) is 0. The van der Waals surface area contributed by atoms with Crippen LogP contribution in [0, 0.1) is 12.3 Å². The molecule has 1 aromatic carbocycles. The summed E-state index contributed by atoms with van der Waals surface area (Å²) in [5, 5.41) is 4.30. The molecule has 1 atom stereocenters. The number of benzene rings is 1. The summed E-state index contributed by atoms with van der Waals surface area (Å²) in [5.74, 6) is 0.974. The van der Waals surface area contributed by atoms with Gasteiger partial charge in [0.05, 0.1) is 5.41 Å². The molecule has 0 bridgehead atoms. The molecule has 0 unspecified atom stereocenters. The fraction of sp³-hybridized carbons (Fsp3) is 0.583. The van der Waals surface area contributed by atoms with Gasteiger partial charge in [-0.1, -0.05) is 35.0 Å². The van der Waals surface area contributed by atoms with Crippen LogP contribution in [-0.2, 0) is 16.0 Å². The fourth-order valence-corrected chi connectivity index (χ4v) is 4.99. The molecular weight excluding hydrogens is 378 g/mol. The lowest BCUT2D eigenvalue weighted by Crippen LogP contribution is -2.55. The number of amides is 1. The number of aryl methyl sites for hydroxylation is 1. The number of rotatable bonds is 5. The number of nitrogens with zero attached hydrogens (tertiary/aromatic N) is 3. The third-order valence-corrected chi connectivity index (χ3v) is 6.59. The Morgan fingerprint density at radius 2 is 1.97 bits per heavy atom. The minimum atomic E-state index is -0.468. The molecule has 162 valence electrons. The second kappa shape index (κ2) is 8.90. The SMILES string of the molecule is Cc1ccc(-c2cc(C[C@]3(C(=O)N(C)C)CCCN(C4CCOCC4)C3)on2)cc1. The third kappa shape index (κ3) is 4.44. The minimum absolute atomic E-state index is 0.188. The van der Waals surface area contributed by atoms with Crippen LogP contribution in [0.2, 0.25) is 0 Å². The number of carbonyl (C=O) groups excluding carboxylic acids is 1. The molecule has 0 N–H and O–H groups in total. The maximum Gasteiger partial charge on any atom is 0.230 e. The highest BCUT2D eigenvalue weighted by atomic mass is 16.5. The van der Waals surface area contributed by atoms with Crippen molar-refractivity contribution in [3.63, 3.8) is 0 Å². The predicted molar refractivity (Wildman–Crippen MR) is 116 cm³/mol. The molecule has 2 aliphatic rings. The van der Waals surface area contributed by atoms with E-state index < -0.39 is 5.41 Å². The average molecular weight is 412 g/mol. The second-order valence-corrected chi connectivity index (χ2v) is 9.12. The van der Waals surface area contributed by atoms with Crippen LogP contribution in [0.5, 0.6) is 0 Å². The van der Waals surface area contributed by atoms with Gasteiger partial charge in [-0.2, -0.15) is 0 Å². The van der Waals surface area contributed by atoms with Crippen LogP contribution in [0.1, 0.15) is 37.0 Å². The Morgan fingerprint density at radius 1 is 1.23 bits per heavy atom. The maximum absolute atomic E-state index is 13.4. The standard InChI is InChI=1S/C24H33N3O3/c1-18-5-7-19(8-6-18)22-15-21(30-25-22)16-24(23(28)26(2)3)11-4-12-27(17-24)20-9-13-29-14-10-20/h5-8,15,20H,4,9-14,16-17H2,1-3H3/t24-/m1/s1. The van der Waals surface area contributed by atoms with Crippen LogP contribution in [0.4, 0.5) is 0 Å². The van der Waals surface area contributed by atoms with Gasteiger partial charge in [-0.3, -0.25) is 9.69 Å². The highest BCUT2D eigenvalue weighted by Crippen LogP contribution is 2.38. The summed E-state index contributed by atoms with van der Waals surface area (Å²) in [6.07, 6.45) is 4.58. The summed E-state index contributed by atoms with van der Waals surface area (Å²) in [6, 6.07) is 10.8. The fourth-order valence-electron chi connectivity index (χ4n) is 4.99. The molecule has 30 heavy (non-hydrogen) atoms. The van der Waals surface area contributed by atoms with E-state index in [1.165, 1.54) is 5.56 Å². The lowest BCUT2D eigenvalue weighted by Gasteiger charge is -2.46. The van der Waals surface area contributed by atoms with Crippen molar-refractivity contribution in [2.45, 2.75) is 45.1 Å². The predicted octanol–water partition coefficient (Wildman–Crippen LogP) is 3.54. The van der Waals surface area contributed by atoms with Gasteiger partial charge in [0.15, 0.2) is 0 Å². The van der Waals surface area contributed by atoms with Crippen LogP contribution in [0.3, 0.4) is 0 Å². The first kappa shape index (κ1) is 21.1. The van der Waals surface area contributed by atoms with E-state index in [9.17, 15) is 4.79 Å². The van der Waals surface area contributed by atoms with Crippen LogP contribution in [0.25, 0.3) is 11.3 Å². The van der Waals surface area contributed by atoms with Gasteiger partial charge in [-0.15, -0.1) is 0 Å². The Kier molecular flexibility index (Phi) is 6.25. The monoisotopic (exact) mass is 411 g/mol. The molecule has 6 nitrogen and oxygen atoms in total. The number of hydrogen-bond acceptors (Lipinski definition) is 5.